The third-order valence-electron chi connectivity index (χ3n) is 4.79. The molecule has 7 N–H and O–H groups in total. The highest BCUT2D eigenvalue weighted by atomic mass is 32.2. The van der Waals surface area contributed by atoms with E-state index in [4.69, 9.17) is 25.1 Å². The maximum absolute atomic E-state index is 12.4. The molecule has 0 aromatic carbocycles. The fraction of sp³-hybridized carbons (Fsp3) is 0.739. The molecule has 0 saturated carbocycles. The molecule has 15 nitrogen and oxygen atoms in total. The molecule has 0 aliphatic rings. The van der Waals surface area contributed by atoms with Crippen molar-refractivity contribution in [1.82, 2.24) is 16.0 Å². The number of aliphatic hydroxyl groups excluding tert-OH is 1. The van der Waals surface area contributed by atoms with E-state index in [1.54, 1.807) is 13.8 Å². The molecule has 0 aliphatic heterocycles. The molecule has 0 heterocycles. The summed E-state index contributed by atoms with van der Waals surface area (Å²) in [5, 5.41) is 25.0. The Morgan fingerprint density at radius 1 is 0.923 bits per heavy atom. The third kappa shape index (κ3) is 18.9. The summed E-state index contributed by atoms with van der Waals surface area (Å²) in [6, 6.07) is -2.27. The van der Waals surface area contributed by atoms with Crippen LogP contribution in [0.25, 0.3) is 0 Å². The van der Waals surface area contributed by atoms with Crippen LogP contribution in [0.15, 0.2) is 0 Å². The number of carboxylic acid groups (broad SMARTS) is 1. The van der Waals surface area contributed by atoms with Gasteiger partial charge in [-0.15, -0.1) is 0 Å². The number of amides is 3. The van der Waals surface area contributed by atoms with Gasteiger partial charge < -0.3 is 46.1 Å². The monoisotopic (exact) mass is 580 g/mol. The van der Waals surface area contributed by atoms with Crippen molar-refractivity contribution in [3.63, 3.8) is 0 Å². The lowest BCUT2D eigenvalue weighted by molar-refractivity contribution is -0.150. The van der Waals surface area contributed by atoms with Crippen LogP contribution in [-0.2, 0) is 43.0 Å². The number of ether oxygens (including phenoxy) is 3. The molecular weight excluding hydrogens is 540 g/mol. The number of hydrogen-bond donors (Lipinski definition) is 6. The van der Waals surface area contributed by atoms with E-state index >= 15 is 0 Å². The molecule has 0 radical (unpaired) electrons. The van der Waals surface area contributed by atoms with Crippen LogP contribution in [0.3, 0.4) is 0 Å². The second kappa shape index (κ2) is 21.9. The number of thioether (sulfide) groups is 1. The average Bonchev–Trinajstić information content (AvgIpc) is 2.91. The van der Waals surface area contributed by atoms with Gasteiger partial charge in [0.2, 0.25) is 17.7 Å². The van der Waals surface area contributed by atoms with Crippen LogP contribution in [0.4, 0.5) is 0 Å². The van der Waals surface area contributed by atoms with Gasteiger partial charge in [0.05, 0.1) is 32.5 Å². The molecule has 224 valence electrons. The molecule has 0 aromatic rings. The summed E-state index contributed by atoms with van der Waals surface area (Å²) in [5.74, 6) is -3.32. The Labute approximate surface area is 231 Å². The van der Waals surface area contributed by atoms with Crippen molar-refractivity contribution in [3.8, 4) is 0 Å². The summed E-state index contributed by atoms with van der Waals surface area (Å²) in [6.45, 7) is 2.33. The summed E-state index contributed by atoms with van der Waals surface area (Å²) < 4.78 is 15.5. The van der Waals surface area contributed by atoms with Crippen molar-refractivity contribution in [2.75, 3.05) is 51.0 Å². The van der Waals surface area contributed by atoms with Crippen molar-refractivity contribution in [2.24, 2.45) is 5.73 Å². The maximum Gasteiger partial charge on any atom is 0.322 e. The first-order valence-corrected chi connectivity index (χ1v) is 13.6. The Bertz CT molecular complexity index is 800. The van der Waals surface area contributed by atoms with Crippen LogP contribution >= 0.6 is 11.8 Å². The first-order valence-electron chi connectivity index (χ1n) is 12.5. The topological polar surface area (TPSA) is 233 Å². The van der Waals surface area contributed by atoms with E-state index in [1.165, 1.54) is 11.8 Å². The minimum atomic E-state index is -1.25. The number of aliphatic carboxylic acids is 1. The summed E-state index contributed by atoms with van der Waals surface area (Å²) in [4.78, 5) is 69.3. The molecule has 39 heavy (non-hydrogen) atoms. The molecule has 16 heteroatoms. The van der Waals surface area contributed by atoms with Crippen LogP contribution in [0.1, 0.15) is 39.5 Å². The molecule has 0 aliphatic carbocycles. The molecule has 0 spiro atoms. The number of nitrogens with one attached hydrogen (secondary N) is 3. The van der Waals surface area contributed by atoms with E-state index in [2.05, 4.69) is 16.0 Å². The second-order valence-electron chi connectivity index (χ2n) is 8.04. The zero-order valence-electron chi connectivity index (χ0n) is 22.3. The molecule has 3 amide bonds. The van der Waals surface area contributed by atoms with Gasteiger partial charge in [-0.3, -0.25) is 28.8 Å². The number of carbonyl (C=O) groups is 6. The minimum absolute atomic E-state index is 0.0103. The fourth-order valence-corrected chi connectivity index (χ4v) is 3.66. The summed E-state index contributed by atoms with van der Waals surface area (Å²) in [7, 11) is 0. The molecule has 3 atom stereocenters. The fourth-order valence-electron chi connectivity index (χ4n) is 2.63. The molecule has 0 saturated heterocycles. The first-order chi connectivity index (χ1) is 18.5. The van der Waals surface area contributed by atoms with Crippen LogP contribution in [0, 0.1) is 0 Å². The number of carbonyl (C=O) groups excluding carboxylic acids is 5. The lowest BCUT2D eigenvalue weighted by atomic mass is 10.2. The van der Waals surface area contributed by atoms with Crippen LogP contribution < -0.4 is 21.7 Å². The number of hydrogen-bond acceptors (Lipinski definition) is 12. The molecular formula is C23H40N4O11S. The predicted octanol–water partition coefficient (Wildman–Crippen LogP) is -2.09. The van der Waals surface area contributed by atoms with Crippen molar-refractivity contribution in [3.05, 3.63) is 0 Å². The average molecular weight is 581 g/mol. The Morgan fingerprint density at radius 3 is 2.23 bits per heavy atom. The normalized spacial score (nSPS) is 12.9. The SMILES string of the molecule is CCC(=O)OCCC(CSCC(N)C(=O)NC(CO)C(=O)NCCOCCC(=O)NCC(=O)O)OC(=O)CC. The highest BCUT2D eigenvalue weighted by Gasteiger charge is 2.24. The van der Waals surface area contributed by atoms with E-state index < -0.39 is 61.0 Å². The zero-order chi connectivity index (χ0) is 29.6. The van der Waals surface area contributed by atoms with E-state index in [1.807, 2.05) is 0 Å². The highest BCUT2D eigenvalue weighted by Crippen LogP contribution is 2.12. The number of rotatable bonds is 22. The van der Waals surface area contributed by atoms with Gasteiger partial charge in [-0.05, 0) is 0 Å². The zero-order valence-corrected chi connectivity index (χ0v) is 23.1. The van der Waals surface area contributed by atoms with Crippen LogP contribution in [-0.4, -0.2) is 115 Å². The maximum atomic E-state index is 12.4. The highest BCUT2D eigenvalue weighted by molar-refractivity contribution is 7.99. The van der Waals surface area contributed by atoms with Gasteiger partial charge >= 0.3 is 17.9 Å². The summed E-state index contributed by atoms with van der Waals surface area (Å²) in [6.07, 6.45) is 0.108. The van der Waals surface area contributed by atoms with E-state index in [0.29, 0.717) is 12.2 Å². The van der Waals surface area contributed by atoms with Crippen molar-refractivity contribution >= 4 is 47.4 Å². The van der Waals surface area contributed by atoms with E-state index in [-0.39, 0.29) is 57.4 Å². The van der Waals surface area contributed by atoms with Crippen molar-refractivity contribution < 1.29 is 53.2 Å². The van der Waals surface area contributed by atoms with Crippen LogP contribution in [0.2, 0.25) is 0 Å². The lowest BCUT2D eigenvalue weighted by Gasteiger charge is -2.20. The number of nitrogens with two attached hydrogens (primary N) is 1. The van der Waals surface area contributed by atoms with Crippen LogP contribution in [0.5, 0.6) is 0 Å². The summed E-state index contributed by atoms with van der Waals surface area (Å²) in [5.41, 5.74) is 5.90. The Morgan fingerprint density at radius 2 is 1.62 bits per heavy atom. The minimum Gasteiger partial charge on any atom is -0.480 e. The number of aliphatic hydroxyl groups is 1. The number of esters is 2. The smallest absolute Gasteiger partial charge is 0.322 e. The standard InChI is InChI=1S/C23H40N4O11S/c1-3-20(32)37-9-5-15(38-21(33)4-2)13-39-14-16(24)22(34)27-17(12-28)23(35)25-7-10-36-8-6-18(29)26-11-19(30)31/h15-17,28H,3-14,24H2,1-2H3,(H,25,35)(H,26,29)(H,27,34)(H,30,31). The Hall–Kier alpha value is -2.95. The third-order valence-corrected chi connectivity index (χ3v) is 5.99. The van der Waals surface area contributed by atoms with Gasteiger partial charge in [-0.25, -0.2) is 0 Å². The molecule has 0 aromatic heterocycles. The van der Waals surface area contributed by atoms with Gasteiger partial charge in [0.25, 0.3) is 0 Å². The van der Waals surface area contributed by atoms with E-state index in [0.717, 1.165) is 0 Å². The van der Waals surface area contributed by atoms with Gasteiger partial charge in [0.15, 0.2) is 0 Å². The molecule has 3 unspecified atom stereocenters. The number of carboxylic acids is 1. The van der Waals surface area contributed by atoms with Crippen molar-refractivity contribution in [2.45, 2.75) is 57.7 Å². The van der Waals surface area contributed by atoms with Gasteiger partial charge in [0, 0.05) is 43.7 Å². The Balaban J connectivity index is 4.37. The molecule has 0 fully saturated rings. The Kier molecular flexibility index (Phi) is 20.3. The first kappa shape index (κ1) is 36.0. The summed E-state index contributed by atoms with van der Waals surface area (Å²) >= 11 is 1.25. The molecule has 0 bridgehead atoms. The van der Waals surface area contributed by atoms with Gasteiger partial charge in [-0.2, -0.15) is 11.8 Å². The second-order valence-corrected chi connectivity index (χ2v) is 9.11. The van der Waals surface area contributed by atoms with E-state index in [9.17, 15) is 33.9 Å². The van der Waals surface area contributed by atoms with Gasteiger partial charge in [-0.1, -0.05) is 13.8 Å². The quantitative estimate of drug-likeness (QED) is 0.0596. The predicted molar refractivity (Wildman–Crippen MR) is 139 cm³/mol. The molecule has 0 rings (SSSR count). The van der Waals surface area contributed by atoms with Gasteiger partial charge in [0.1, 0.15) is 18.7 Å². The lowest BCUT2D eigenvalue weighted by Crippen LogP contribution is -2.54. The largest absolute Gasteiger partial charge is 0.480 e. The van der Waals surface area contributed by atoms with Crippen molar-refractivity contribution in [1.29, 1.82) is 0 Å².